The molecule has 1 aromatic carbocycles. The first kappa shape index (κ1) is 20.2. The van der Waals surface area contributed by atoms with E-state index in [2.05, 4.69) is 4.98 Å². The van der Waals surface area contributed by atoms with Crippen LogP contribution in [0.4, 0.5) is 5.69 Å². The molecule has 0 atom stereocenters. The zero-order chi connectivity index (χ0) is 20.3. The van der Waals surface area contributed by atoms with Crippen molar-refractivity contribution in [2.24, 2.45) is 0 Å². The molecule has 11 heteroatoms. The minimum Gasteiger partial charge on any atom is -0.460 e. The van der Waals surface area contributed by atoms with Gasteiger partial charge in [-0.25, -0.2) is 9.78 Å². The highest BCUT2D eigenvalue weighted by Gasteiger charge is 2.20. The van der Waals surface area contributed by atoms with E-state index in [0.717, 1.165) is 27.1 Å². The molecule has 0 N–H and O–H groups in total. The van der Waals surface area contributed by atoms with Gasteiger partial charge in [0.1, 0.15) is 6.61 Å². The number of hydrogen-bond acceptors (Lipinski definition) is 9. The van der Waals surface area contributed by atoms with Gasteiger partial charge >= 0.3 is 10.8 Å². The Balaban J connectivity index is 1.78. The van der Waals surface area contributed by atoms with Gasteiger partial charge in [-0.1, -0.05) is 23.1 Å². The number of nitrogens with zero attached hydrogens (tertiary/aromatic N) is 3. The first-order valence-electron chi connectivity index (χ1n) is 8.05. The Hall–Kier alpha value is -2.50. The maximum absolute atomic E-state index is 12.6. The molecule has 0 fully saturated rings. The Morgan fingerprint density at radius 2 is 2.11 bits per heavy atom. The standard InChI is InChI=1S/C17H15N3O5S3/c1-10-8-26-16(18-10)28-14-4-3-12(20(23)24)7-13(14)15(21)25-6-5-19-11(2)9-27-17(19)22/h3-4,7-9H,5-6H2,1-2H3. The molecule has 0 aliphatic rings. The van der Waals surface area contributed by atoms with Gasteiger partial charge in [-0.2, -0.15) is 0 Å². The van der Waals surface area contributed by atoms with Crippen LogP contribution in [0, 0.1) is 24.0 Å². The maximum Gasteiger partial charge on any atom is 0.339 e. The lowest BCUT2D eigenvalue weighted by molar-refractivity contribution is -0.384. The second-order valence-corrected chi connectivity index (χ2v) is 8.69. The third kappa shape index (κ3) is 4.66. The van der Waals surface area contributed by atoms with Gasteiger partial charge in [0.05, 0.1) is 17.0 Å². The van der Waals surface area contributed by atoms with Gasteiger partial charge in [0.25, 0.3) is 5.69 Å². The van der Waals surface area contributed by atoms with E-state index in [4.69, 9.17) is 4.74 Å². The lowest BCUT2D eigenvalue weighted by atomic mass is 10.2. The van der Waals surface area contributed by atoms with Crippen molar-refractivity contribution >= 4 is 46.1 Å². The summed E-state index contributed by atoms with van der Waals surface area (Å²) in [5.74, 6) is -0.680. The molecule has 8 nitrogen and oxygen atoms in total. The van der Waals surface area contributed by atoms with Gasteiger partial charge in [-0.3, -0.25) is 19.5 Å². The van der Waals surface area contributed by atoms with Crippen molar-refractivity contribution in [2.75, 3.05) is 6.61 Å². The first-order valence-corrected chi connectivity index (χ1v) is 10.6. The predicted molar refractivity (Wildman–Crippen MR) is 108 cm³/mol. The number of carbonyl (C=O) groups is 1. The zero-order valence-electron chi connectivity index (χ0n) is 14.9. The van der Waals surface area contributed by atoms with E-state index in [1.54, 1.807) is 12.3 Å². The van der Waals surface area contributed by atoms with Gasteiger partial charge < -0.3 is 4.74 Å². The van der Waals surface area contributed by atoms with Gasteiger partial charge in [0.15, 0.2) is 4.34 Å². The average molecular weight is 438 g/mol. The maximum atomic E-state index is 12.6. The van der Waals surface area contributed by atoms with Crippen LogP contribution in [-0.4, -0.2) is 27.1 Å². The number of nitro groups is 1. The highest BCUT2D eigenvalue weighted by Crippen LogP contribution is 2.34. The van der Waals surface area contributed by atoms with Crippen LogP contribution in [0.15, 0.2) is 43.0 Å². The van der Waals surface area contributed by atoms with Crippen LogP contribution in [-0.2, 0) is 11.3 Å². The molecule has 0 saturated heterocycles. The summed E-state index contributed by atoms with van der Waals surface area (Å²) in [6, 6.07) is 4.06. The van der Waals surface area contributed by atoms with Crippen LogP contribution >= 0.6 is 34.4 Å². The quantitative estimate of drug-likeness (QED) is 0.314. The molecule has 0 bridgehead atoms. The molecule has 0 aliphatic carbocycles. The minimum absolute atomic E-state index is 0.0144. The smallest absolute Gasteiger partial charge is 0.339 e. The molecule has 28 heavy (non-hydrogen) atoms. The normalized spacial score (nSPS) is 10.8. The van der Waals surface area contributed by atoms with E-state index < -0.39 is 10.9 Å². The minimum atomic E-state index is -0.680. The second-order valence-electron chi connectivity index (χ2n) is 5.72. The molecule has 0 aliphatic heterocycles. The molecular formula is C17H15N3O5S3. The summed E-state index contributed by atoms with van der Waals surface area (Å²) in [5.41, 5.74) is 1.55. The summed E-state index contributed by atoms with van der Waals surface area (Å²) in [7, 11) is 0. The van der Waals surface area contributed by atoms with Crippen LogP contribution in [0.2, 0.25) is 0 Å². The number of nitro benzene ring substituents is 1. The van der Waals surface area contributed by atoms with Gasteiger partial charge in [0.2, 0.25) is 0 Å². The third-order valence-corrected chi connectivity index (χ3v) is 6.73. The molecule has 0 radical (unpaired) electrons. The predicted octanol–water partition coefficient (Wildman–Crippen LogP) is 3.90. The Kier molecular flexibility index (Phi) is 6.27. The summed E-state index contributed by atoms with van der Waals surface area (Å²) in [6.07, 6.45) is 0. The van der Waals surface area contributed by atoms with E-state index in [1.807, 2.05) is 12.3 Å². The Morgan fingerprint density at radius 1 is 1.32 bits per heavy atom. The monoisotopic (exact) mass is 437 g/mol. The largest absolute Gasteiger partial charge is 0.460 e. The number of rotatable bonds is 7. The molecule has 2 aromatic heterocycles. The fourth-order valence-electron chi connectivity index (χ4n) is 2.34. The number of aryl methyl sites for hydroxylation is 2. The van der Waals surface area contributed by atoms with Crippen LogP contribution in [0.25, 0.3) is 0 Å². The van der Waals surface area contributed by atoms with Crippen LogP contribution in [0.1, 0.15) is 21.7 Å². The molecular weight excluding hydrogens is 422 g/mol. The molecule has 0 unspecified atom stereocenters. The Labute approximate surface area is 172 Å². The molecule has 2 heterocycles. The van der Waals surface area contributed by atoms with Gasteiger partial charge in [0, 0.05) is 39.2 Å². The average Bonchev–Trinajstić information content (AvgIpc) is 3.21. The molecule has 3 aromatic rings. The van der Waals surface area contributed by atoms with E-state index >= 15 is 0 Å². The van der Waals surface area contributed by atoms with Crippen LogP contribution < -0.4 is 4.87 Å². The molecule has 0 saturated carbocycles. The van der Waals surface area contributed by atoms with E-state index in [-0.39, 0.29) is 29.3 Å². The van der Waals surface area contributed by atoms with Crippen molar-refractivity contribution in [3.05, 3.63) is 65.7 Å². The van der Waals surface area contributed by atoms with Crippen LogP contribution in [0.3, 0.4) is 0 Å². The lowest BCUT2D eigenvalue weighted by Gasteiger charge is -2.09. The van der Waals surface area contributed by atoms with Crippen molar-refractivity contribution < 1.29 is 14.5 Å². The Morgan fingerprint density at radius 3 is 2.71 bits per heavy atom. The fraction of sp³-hybridized carbons (Fsp3) is 0.235. The topological polar surface area (TPSA) is 104 Å². The number of benzene rings is 1. The lowest BCUT2D eigenvalue weighted by Crippen LogP contribution is -2.19. The number of aromatic nitrogens is 2. The highest BCUT2D eigenvalue weighted by atomic mass is 32.2. The third-order valence-electron chi connectivity index (χ3n) is 3.71. The number of carbonyl (C=O) groups excluding carboxylic acids is 1. The van der Waals surface area contributed by atoms with E-state index in [9.17, 15) is 19.7 Å². The molecule has 0 amide bonds. The van der Waals surface area contributed by atoms with Crippen molar-refractivity contribution in [3.8, 4) is 0 Å². The van der Waals surface area contributed by atoms with Gasteiger partial charge in [-0.15, -0.1) is 11.3 Å². The summed E-state index contributed by atoms with van der Waals surface area (Å²) >= 11 is 3.75. The van der Waals surface area contributed by atoms with E-state index in [1.165, 1.54) is 45.9 Å². The number of esters is 1. The second kappa shape index (κ2) is 8.67. The van der Waals surface area contributed by atoms with Crippen molar-refractivity contribution in [2.45, 2.75) is 29.6 Å². The molecule has 146 valence electrons. The van der Waals surface area contributed by atoms with Crippen molar-refractivity contribution in [3.63, 3.8) is 0 Å². The summed E-state index contributed by atoms with van der Waals surface area (Å²) < 4.78 is 7.52. The number of thiazole rings is 2. The fourth-order valence-corrected chi connectivity index (χ4v) is 4.99. The number of hydrogen-bond donors (Lipinski definition) is 0. The molecule has 0 spiro atoms. The van der Waals surface area contributed by atoms with Crippen LogP contribution in [0.5, 0.6) is 0 Å². The van der Waals surface area contributed by atoms with E-state index in [0.29, 0.717) is 4.90 Å². The number of ether oxygens (including phenoxy) is 1. The van der Waals surface area contributed by atoms with Crippen molar-refractivity contribution in [1.82, 2.24) is 9.55 Å². The number of non-ortho nitro benzene ring substituents is 1. The summed E-state index contributed by atoms with van der Waals surface area (Å²) in [5, 5.41) is 14.7. The molecule has 3 rings (SSSR count). The SMILES string of the molecule is Cc1csc(Sc2ccc([N+](=O)[O-])cc2C(=O)OCCn2c(C)csc2=O)n1. The van der Waals surface area contributed by atoms with Crippen molar-refractivity contribution in [1.29, 1.82) is 0 Å². The summed E-state index contributed by atoms with van der Waals surface area (Å²) in [4.78, 5) is 39.6. The zero-order valence-corrected chi connectivity index (χ0v) is 17.4. The Bertz CT molecular complexity index is 1090. The van der Waals surface area contributed by atoms with Gasteiger partial charge in [-0.05, 0) is 19.9 Å². The first-order chi connectivity index (χ1) is 13.3. The summed E-state index contributed by atoms with van der Waals surface area (Å²) in [6.45, 7) is 3.87. The highest BCUT2D eigenvalue weighted by molar-refractivity contribution is 8.01.